The molecule has 1 atom stereocenters. The maximum Gasteiger partial charge on any atom is 0.188 e. The predicted octanol–water partition coefficient (Wildman–Crippen LogP) is 2.62. The molecule has 4 N–H and O–H groups in total. The number of amidine groups is 1. The summed E-state index contributed by atoms with van der Waals surface area (Å²) < 4.78 is 0. The Morgan fingerprint density at radius 2 is 2.25 bits per heavy atom. The SMILES string of the molecule is CCCCCCC(C)NCc1ccnc(C(N)=NO)c1. The monoisotopic (exact) mass is 278 g/mol. The molecule has 0 saturated heterocycles. The second kappa shape index (κ2) is 9.31. The van der Waals surface area contributed by atoms with Gasteiger partial charge in [-0.2, -0.15) is 0 Å². The van der Waals surface area contributed by atoms with E-state index in [1.54, 1.807) is 6.20 Å². The predicted molar refractivity (Wildman–Crippen MR) is 81.8 cm³/mol. The zero-order valence-corrected chi connectivity index (χ0v) is 12.5. The Balaban J connectivity index is 2.37. The van der Waals surface area contributed by atoms with E-state index in [0.717, 1.165) is 12.1 Å². The molecule has 0 amide bonds. The van der Waals surface area contributed by atoms with Gasteiger partial charge in [0.05, 0.1) is 0 Å². The summed E-state index contributed by atoms with van der Waals surface area (Å²) in [6.45, 7) is 5.20. The lowest BCUT2D eigenvalue weighted by molar-refractivity contribution is 0.318. The molecular formula is C15H26N4O. The number of nitrogens with two attached hydrogens (primary N) is 1. The molecule has 112 valence electrons. The highest BCUT2D eigenvalue weighted by atomic mass is 16.4. The van der Waals surface area contributed by atoms with Gasteiger partial charge in [-0.25, -0.2) is 0 Å². The normalized spacial score (nSPS) is 13.4. The van der Waals surface area contributed by atoms with E-state index >= 15 is 0 Å². The molecule has 0 spiro atoms. The Kier molecular flexibility index (Phi) is 7.65. The van der Waals surface area contributed by atoms with E-state index in [1.807, 2.05) is 12.1 Å². The van der Waals surface area contributed by atoms with Crippen LogP contribution in [0.15, 0.2) is 23.5 Å². The molecule has 1 rings (SSSR count). The first-order chi connectivity index (χ1) is 9.67. The fraction of sp³-hybridized carbons (Fsp3) is 0.600. The molecule has 1 heterocycles. The van der Waals surface area contributed by atoms with Gasteiger partial charge in [-0.15, -0.1) is 0 Å². The molecule has 0 aromatic carbocycles. The second-order valence-electron chi connectivity index (χ2n) is 5.17. The van der Waals surface area contributed by atoms with E-state index in [2.05, 4.69) is 29.3 Å². The van der Waals surface area contributed by atoms with Crippen molar-refractivity contribution in [1.82, 2.24) is 10.3 Å². The van der Waals surface area contributed by atoms with Crippen molar-refractivity contribution in [3.63, 3.8) is 0 Å². The molecule has 1 unspecified atom stereocenters. The van der Waals surface area contributed by atoms with Crippen LogP contribution < -0.4 is 11.1 Å². The number of nitrogens with one attached hydrogen (secondary N) is 1. The highest BCUT2D eigenvalue weighted by Crippen LogP contribution is 2.07. The number of pyridine rings is 1. The van der Waals surface area contributed by atoms with Gasteiger partial charge in [0.2, 0.25) is 0 Å². The number of hydrogen-bond donors (Lipinski definition) is 3. The van der Waals surface area contributed by atoms with E-state index in [0.29, 0.717) is 11.7 Å². The van der Waals surface area contributed by atoms with Crippen molar-refractivity contribution in [2.75, 3.05) is 0 Å². The molecule has 0 radical (unpaired) electrons. The molecule has 1 aromatic rings. The molecule has 0 bridgehead atoms. The van der Waals surface area contributed by atoms with Gasteiger partial charge in [-0.1, -0.05) is 37.8 Å². The first-order valence-electron chi connectivity index (χ1n) is 7.33. The summed E-state index contributed by atoms with van der Waals surface area (Å²) in [5, 5.41) is 15.1. The Hall–Kier alpha value is -1.62. The van der Waals surface area contributed by atoms with Crippen LogP contribution in [0.1, 0.15) is 57.2 Å². The van der Waals surface area contributed by atoms with Crippen LogP contribution in [0, 0.1) is 0 Å². The van der Waals surface area contributed by atoms with Gasteiger partial charge in [-0.05, 0) is 31.0 Å². The van der Waals surface area contributed by atoms with Gasteiger partial charge < -0.3 is 16.3 Å². The minimum Gasteiger partial charge on any atom is -0.409 e. The van der Waals surface area contributed by atoms with E-state index in [1.165, 1.54) is 32.1 Å². The van der Waals surface area contributed by atoms with Gasteiger partial charge in [0.25, 0.3) is 0 Å². The Labute approximate surface area is 121 Å². The average Bonchev–Trinajstić information content (AvgIpc) is 2.49. The fourth-order valence-corrected chi connectivity index (χ4v) is 2.05. The number of unbranched alkanes of at least 4 members (excludes halogenated alkanes) is 3. The zero-order chi connectivity index (χ0) is 14.8. The minimum atomic E-state index is 0.0412. The third kappa shape index (κ3) is 6.02. The third-order valence-corrected chi connectivity index (χ3v) is 3.34. The van der Waals surface area contributed by atoms with E-state index in [4.69, 9.17) is 10.9 Å². The number of oxime groups is 1. The van der Waals surface area contributed by atoms with Crippen molar-refractivity contribution in [2.45, 2.75) is 58.5 Å². The summed E-state index contributed by atoms with van der Waals surface area (Å²) in [4.78, 5) is 4.06. The summed E-state index contributed by atoms with van der Waals surface area (Å²) in [7, 11) is 0. The lowest BCUT2D eigenvalue weighted by Gasteiger charge is -2.14. The summed E-state index contributed by atoms with van der Waals surface area (Å²) in [5.41, 5.74) is 7.12. The van der Waals surface area contributed by atoms with Gasteiger partial charge in [0.1, 0.15) is 5.69 Å². The molecule has 0 fully saturated rings. The van der Waals surface area contributed by atoms with Crippen molar-refractivity contribution >= 4 is 5.84 Å². The quantitative estimate of drug-likeness (QED) is 0.213. The van der Waals surface area contributed by atoms with Gasteiger partial charge in [0.15, 0.2) is 5.84 Å². The summed E-state index contributed by atoms with van der Waals surface area (Å²) >= 11 is 0. The molecule has 0 aliphatic carbocycles. The molecule has 0 saturated carbocycles. The Bertz CT molecular complexity index is 420. The van der Waals surface area contributed by atoms with Crippen LogP contribution in [-0.2, 0) is 6.54 Å². The number of rotatable bonds is 9. The molecule has 20 heavy (non-hydrogen) atoms. The minimum absolute atomic E-state index is 0.0412. The van der Waals surface area contributed by atoms with E-state index in [-0.39, 0.29) is 5.84 Å². The van der Waals surface area contributed by atoms with Crippen molar-refractivity contribution in [3.8, 4) is 0 Å². The van der Waals surface area contributed by atoms with E-state index in [9.17, 15) is 0 Å². The molecular weight excluding hydrogens is 252 g/mol. The number of hydrogen-bond acceptors (Lipinski definition) is 4. The van der Waals surface area contributed by atoms with Crippen LogP contribution in [0.5, 0.6) is 0 Å². The smallest absolute Gasteiger partial charge is 0.188 e. The third-order valence-electron chi connectivity index (χ3n) is 3.34. The lowest BCUT2D eigenvalue weighted by Crippen LogP contribution is -2.25. The standard InChI is InChI=1S/C15H26N4O/c1-3-4-5-6-7-12(2)18-11-13-8-9-17-14(10-13)15(16)19-20/h8-10,12,18,20H,3-7,11H2,1-2H3,(H2,16,19). The Morgan fingerprint density at radius 1 is 1.45 bits per heavy atom. The highest BCUT2D eigenvalue weighted by Gasteiger charge is 2.04. The van der Waals surface area contributed by atoms with Gasteiger partial charge >= 0.3 is 0 Å². The first kappa shape index (κ1) is 16.4. The van der Waals surface area contributed by atoms with Crippen molar-refractivity contribution in [3.05, 3.63) is 29.6 Å². The highest BCUT2D eigenvalue weighted by molar-refractivity contribution is 5.95. The van der Waals surface area contributed by atoms with Crippen LogP contribution in [0.3, 0.4) is 0 Å². The molecule has 0 aliphatic heterocycles. The van der Waals surface area contributed by atoms with Crippen LogP contribution in [0.2, 0.25) is 0 Å². The number of nitrogens with zero attached hydrogens (tertiary/aromatic N) is 2. The molecule has 0 aliphatic rings. The zero-order valence-electron chi connectivity index (χ0n) is 12.5. The lowest BCUT2D eigenvalue weighted by atomic mass is 10.1. The van der Waals surface area contributed by atoms with E-state index < -0.39 is 0 Å². The van der Waals surface area contributed by atoms with Crippen LogP contribution in [-0.4, -0.2) is 22.1 Å². The van der Waals surface area contributed by atoms with Gasteiger partial charge in [0, 0.05) is 18.8 Å². The average molecular weight is 278 g/mol. The second-order valence-corrected chi connectivity index (χ2v) is 5.17. The topological polar surface area (TPSA) is 83.5 Å². The summed E-state index contributed by atoms with van der Waals surface area (Å²) in [6.07, 6.45) is 8.04. The number of aromatic nitrogens is 1. The molecule has 1 aromatic heterocycles. The summed E-state index contributed by atoms with van der Waals surface area (Å²) in [5.74, 6) is 0.0412. The largest absolute Gasteiger partial charge is 0.409 e. The first-order valence-corrected chi connectivity index (χ1v) is 7.33. The summed E-state index contributed by atoms with van der Waals surface area (Å²) in [6, 6.07) is 4.27. The van der Waals surface area contributed by atoms with Crippen LogP contribution in [0.4, 0.5) is 0 Å². The van der Waals surface area contributed by atoms with Gasteiger partial charge in [-0.3, -0.25) is 4.98 Å². The molecule has 5 heteroatoms. The Morgan fingerprint density at radius 3 is 2.95 bits per heavy atom. The van der Waals surface area contributed by atoms with Crippen molar-refractivity contribution < 1.29 is 5.21 Å². The molecule has 5 nitrogen and oxygen atoms in total. The maximum absolute atomic E-state index is 8.65. The fourth-order valence-electron chi connectivity index (χ4n) is 2.05. The van der Waals surface area contributed by atoms with Crippen LogP contribution in [0.25, 0.3) is 0 Å². The van der Waals surface area contributed by atoms with Crippen molar-refractivity contribution in [1.29, 1.82) is 0 Å². The van der Waals surface area contributed by atoms with Crippen LogP contribution >= 0.6 is 0 Å². The van der Waals surface area contributed by atoms with Crippen molar-refractivity contribution in [2.24, 2.45) is 10.9 Å². The maximum atomic E-state index is 8.65.